The fourth-order valence-electron chi connectivity index (χ4n) is 3.73. The van der Waals surface area contributed by atoms with E-state index in [9.17, 15) is 4.79 Å². The molecular weight excluding hydrogens is 386 g/mol. The predicted molar refractivity (Wildman–Crippen MR) is 127 cm³/mol. The van der Waals surface area contributed by atoms with E-state index in [0.29, 0.717) is 28.5 Å². The van der Waals surface area contributed by atoms with Crippen molar-refractivity contribution in [1.82, 2.24) is 19.9 Å². The van der Waals surface area contributed by atoms with E-state index in [1.54, 1.807) is 0 Å². The summed E-state index contributed by atoms with van der Waals surface area (Å²) in [4.78, 5) is 22.7. The maximum Gasteiger partial charge on any atom is 0.257 e. The van der Waals surface area contributed by atoms with Gasteiger partial charge in [-0.1, -0.05) is 45.0 Å². The van der Waals surface area contributed by atoms with Crippen molar-refractivity contribution in [1.29, 1.82) is 0 Å². The Kier molecular flexibility index (Phi) is 5.63. The van der Waals surface area contributed by atoms with Gasteiger partial charge in [0.15, 0.2) is 5.65 Å². The van der Waals surface area contributed by atoms with Crippen molar-refractivity contribution < 1.29 is 4.79 Å². The molecule has 0 aliphatic heterocycles. The van der Waals surface area contributed by atoms with Gasteiger partial charge >= 0.3 is 0 Å². The summed E-state index contributed by atoms with van der Waals surface area (Å²) < 4.78 is 1.83. The van der Waals surface area contributed by atoms with Crippen molar-refractivity contribution in [3.63, 3.8) is 0 Å². The lowest BCUT2D eigenvalue weighted by Crippen LogP contribution is -2.32. The van der Waals surface area contributed by atoms with Gasteiger partial charge in [0.1, 0.15) is 16.9 Å². The number of anilines is 1. The average molecular weight is 416 g/mol. The number of benzene rings is 2. The standard InChI is InChI=1S/C25H29N5O/c1-5-15(3)17-11-13-18(14-12-17)30-23(26)21(25(31)27-16(4)6-2)22-24(30)29-20-10-8-7-9-19(20)28-22/h7-16H,5-6,26H2,1-4H3,(H,27,31). The van der Waals surface area contributed by atoms with Gasteiger partial charge < -0.3 is 11.1 Å². The largest absolute Gasteiger partial charge is 0.384 e. The second kappa shape index (κ2) is 8.38. The molecule has 0 spiro atoms. The molecule has 0 saturated carbocycles. The average Bonchev–Trinajstić information content (AvgIpc) is 3.07. The number of carbonyl (C=O) groups is 1. The first-order valence-corrected chi connectivity index (χ1v) is 10.9. The van der Waals surface area contributed by atoms with Crippen LogP contribution >= 0.6 is 0 Å². The Morgan fingerprint density at radius 1 is 1.00 bits per heavy atom. The summed E-state index contributed by atoms with van der Waals surface area (Å²) in [7, 11) is 0. The summed E-state index contributed by atoms with van der Waals surface area (Å²) in [5.41, 5.74) is 11.7. The number of amides is 1. The predicted octanol–water partition coefficient (Wildman–Crippen LogP) is 5.20. The van der Waals surface area contributed by atoms with Crippen LogP contribution in [0, 0.1) is 0 Å². The van der Waals surface area contributed by atoms with Crippen LogP contribution in [0.5, 0.6) is 0 Å². The minimum atomic E-state index is -0.226. The molecule has 31 heavy (non-hydrogen) atoms. The highest BCUT2D eigenvalue weighted by molar-refractivity contribution is 6.11. The normalized spacial score (nSPS) is 13.4. The highest BCUT2D eigenvalue weighted by atomic mass is 16.1. The van der Waals surface area contributed by atoms with Crippen LogP contribution in [0.2, 0.25) is 0 Å². The van der Waals surface area contributed by atoms with Crippen molar-refractivity contribution in [3.05, 3.63) is 59.7 Å². The molecule has 4 rings (SSSR count). The number of nitrogen functional groups attached to an aromatic ring is 1. The fraction of sp³-hybridized carbons (Fsp3) is 0.320. The van der Waals surface area contributed by atoms with E-state index in [2.05, 4.69) is 31.3 Å². The van der Waals surface area contributed by atoms with Gasteiger partial charge in [0.25, 0.3) is 5.91 Å². The first-order valence-electron chi connectivity index (χ1n) is 10.9. The summed E-state index contributed by atoms with van der Waals surface area (Å²) in [5.74, 6) is 0.604. The molecule has 2 heterocycles. The summed E-state index contributed by atoms with van der Waals surface area (Å²) in [6.07, 6.45) is 1.90. The molecule has 0 aliphatic rings. The van der Waals surface area contributed by atoms with Crippen LogP contribution in [-0.2, 0) is 0 Å². The molecule has 2 unspecified atom stereocenters. The number of nitrogens with one attached hydrogen (secondary N) is 1. The van der Waals surface area contributed by atoms with Gasteiger partial charge in [-0.3, -0.25) is 9.36 Å². The molecular formula is C25H29N5O. The molecule has 4 aromatic rings. The van der Waals surface area contributed by atoms with Crippen LogP contribution < -0.4 is 11.1 Å². The van der Waals surface area contributed by atoms with Crippen LogP contribution in [0.15, 0.2) is 48.5 Å². The first-order chi connectivity index (χ1) is 14.9. The smallest absolute Gasteiger partial charge is 0.257 e. The van der Waals surface area contributed by atoms with Gasteiger partial charge in [-0.25, -0.2) is 9.97 Å². The molecule has 3 N–H and O–H groups in total. The molecule has 0 saturated heterocycles. The van der Waals surface area contributed by atoms with Gasteiger partial charge in [-0.15, -0.1) is 0 Å². The molecule has 2 atom stereocenters. The van der Waals surface area contributed by atoms with Crippen LogP contribution in [0.25, 0.3) is 27.9 Å². The maximum absolute atomic E-state index is 13.1. The highest BCUT2D eigenvalue weighted by Gasteiger charge is 2.25. The number of nitrogens with two attached hydrogens (primary N) is 1. The van der Waals surface area contributed by atoms with E-state index < -0.39 is 0 Å². The van der Waals surface area contributed by atoms with Crippen LogP contribution in [0.3, 0.4) is 0 Å². The minimum absolute atomic E-state index is 0.0357. The summed E-state index contributed by atoms with van der Waals surface area (Å²) in [5, 5.41) is 3.02. The van der Waals surface area contributed by atoms with Crippen molar-refractivity contribution >= 4 is 33.9 Å². The topological polar surface area (TPSA) is 85.8 Å². The zero-order valence-electron chi connectivity index (χ0n) is 18.5. The minimum Gasteiger partial charge on any atom is -0.384 e. The summed E-state index contributed by atoms with van der Waals surface area (Å²) in [6.45, 7) is 8.40. The number of nitrogens with zero attached hydrogens (tertiary/aromatic N) is 3. The Morgan fingerprint density at radius 3 is 2.26 bits per heavy atom. The third-order valence-corrected chi connectivity index (χ3v) is 6.05. The van der Waals surface area contributed by atoms with Crippen LogP contribution in [0.4, 0.5) is 5.82 Å². The second-order valence-corrected chi connectivity index (χ2v) is 8.16. The van der Waals surface area contributed by atoms with E-state index in [1.165, 1.54) is 5.56 Å². The van der Waals surface area contributed by atoms with Crippen molar-refractivity contribution in [3.8, 4) is 5.69 Å². The van der Waals surface area contributed by atoms with E-state index in [-0.39, 0.29) is 11.9 Å². The quantitative estimate of drug-likeness (QED) is 0.453. The summed E-state index contributed by atoms with van der Waals surface area (Å²) >= 11 is 0. The molecule has 6 heteroatoms. The summed E-state index contributed by atoms with van der Waals surface area (Å²) in [6, 6.07) is 16.0. The zero-order valence-corrected chi connectivity index (χ0v) is 18.5. The molecule has 0 bridgehead atoms. The number of para-hydroxylation sites is 2. The molecule has 160 valence electrons. The van der Waals surface area contributed by atoms with E-state index in [0.717, 1.165) is 29.6 Å². The Bertz CT molecular complexity index is 1240. The number of fused-ring (bicyclic) bond motifs is 2. The molecule has 2 aromatic carbocycles. The van der Waals surface area contributed by atoms with E-state index >= 15 is 0 Å². The lowest BCUT2D eigenvalue weighted by atomic mass is 9.99. The van der Waals surface area contributed by atoms with E-state index in [4.69, 9.17) is 15.7 Å². The SMILES string of the molecule is CCC(C)NC(=O)c1c(N)n(-c2ccc(C(C)CC)cc2)c2nc3ccccc3nc12. The van der Waals surface area contributed by atoms with Gasteiger partial charge in [0, 0.05) is 11.7 Å². The van der Waals surface area contributed by atoms with Crippen molar-refractivity contribution in [2.75, 3.05) is 5.73 Å². The second-order valence-electron chi connectivity index (χ2n) is 8.16. The van der Waals surface area contributed by atoms with Crippen LogP contribution in [-0.4, -0.2) is 26.5 Å². The Morgan fingerprint density at radius 2 is 1.65 bits per heavy atom. The zero-order chi connectivity index (χ0) is 22.1. The van der Waals surface area contributed by atoms with Crippen molar-refractivity contribution in [2.45, 2.75) is 52.5 Å². The monoisotopic (exact) mass is 415 g/mol. The Balaban J connectivity index is 1.95. The van der Waals surface area contributed by atoms with Crippen molar-refractivity contribution in [2.24, 2.45) is 0 Å². The number of aromatic nitrogens is 3. The number of rotatable bonds is 6. The number of carbonyl (C=O) groups excluding carboxylic acids is 1. The third-order valence-electron chi connectivity index (χ3n) is 6.05. The Labute approximate surface area is 182 Å². The molecule has 6 nitrogen and oxygen atoms in total. The molecule has 1 amide bonds. The third kappa shape index (κ3) is 3.74. The molecule has 0 radical (unpaired) electrons. The lowest BCUT2D eigenvalue weighted by Gasteiger charge is -2.13. The maximum atomic E-state index is 13.1. The van der Waals surface area contributed by atoms with Gasteiger partial charge in [0.05, 0.1) is 11.0 Å². The fourth-order valence-corrected chi connectivity index (χ4v) is 3.73. The Hall–Kier alpha value is -3.41. The first kappa shape index (κ1) is 20.8. The molecule has 2 aromatic heterocycles. The highest BCUT2D eigenvalue weighted by Crippen LogP contribution is 2.31. The molecule has 0 aliphatic carbocycles. The number of hydrogen-bond donors (Lipinski definition) is 2. The van der Waals surface area contributed by atoms with Gasteiger partial charge in [-0.2, -0.15) is 0 Å². The van der Waals surface area contributed by atoms with E-state index in [1.807, 2.05) is 54.8 Å². The number of hydrogen-bond acceptors (Lipinski definition) is 4. The van der Waals surface area contributed by atoms with Crippen LogP contribution in [0.1, 0.15) is 62.4 Å². The van der Waals surface area contributed by atoms with Gasteiger partial charge in [-0.05, 0) is 55.5 Å². The lowest BCUT2D eigenvalue weighted by molar-refractivity contribution is 0.0941. The molecule has 0 fully saturated rings. The van der Waals surface area contributed by atoms with Gasteiger partial charge in [0.2, 0.25) is 0 Å².